The van der Waals surface area contributed by atoms with Crippen molar-refractivity contribution < 1.29 is 8.39 Å². The summed E-state index contributed by atoms with van der Waals surface area (Å²) in [6.45, 7) is 0. The lowest BCUT2D eigenvalue weighted by molar-refractivity contribution is 0.609. The second-order valence-corrected chi connectivity index (χ2v) is 3.75. The Labute approximate surface area is 92.3 Å². The van der Waals surface area contributed by atoms with Gasteiger partial charge in [-0.05, 0) is 37.8 Å². The summed E-state index contributed by atoms with van der Waals surface area (Å²) in [4.78, 5) is 0. The van der Waals surface area contributed by atoms with Gasteiger partial charge in [-0.15, -0.1) is 0 Å². The lowest BCUT2D eigenvalue weighted by atomic mass is 10.1. The molecule has 82 valence electrons. The fourth-order valence-electron chi connectivity index (χ4n) is 1.13. The van der Waals surface area contributed by atoms with E-state index in [2.05, 4.69) is 24.3 Å². The standard InChI is InChI=1S/C8H12.C4H5O2P/c1-2-4-6-8-7-5-3-1;1-2-4-6-7-5-3-1/h1-4H,5-8H2;1-4,7H. The van der Waals surface area contributed by atoms with Crippen LogP contribution in [-0.2, 0) is 0 Å². The van der Waals surface area contributed by atoms with Crippen LogP contribution >= 0.6 is 8.67 Å². The minimum atomic E-state index is 0.121. The van der Waals surface area contributed by atoms with E-state index in [4.69, 9.17) is 8.39 Å². The van der Waals surface area contributed by atoms with Crippen molar-refractivity contribution in [2.24, 2.45) is 0 Å². The van der Waals surface area contributed by atoms with E-state index < -0.39 is 0 Å². The number of rotatable bonds is 0. The fraction of sp³-hybridized carbons (Fsp3) is 0.333. The Bertz CT molecular complexity index is 250. The van der Waals surface area contributed by atoms with Crippen LogP contribution in [0.1, 0.15) is 25.7 Å². The van der Waals surface area contributed by atoms with Gasteiger partial charge >= 0.3 is 0 Å². The Hall–Kier alpha value is -1.14. The first kappa shape index (κ1) is 11.9. The van der Waals surface area contributed by atoms with Gasteiger partial charge in [-0.3, -0.25) is 0 Å². The van der Waals surface area contributed by atoms with Crippen molar-refractivity contribution in [3.8, 4) is 0 Å². The fourth-order valence-corrected chi connectivity index (χ4v) is 1.45. The van der Waals surface area contributed by atoms with Gasteiger partial charge in [0.05, 0.1) is 12.5 Å². The molecule has 1 aliphatic rings. The van der Waals surface area contributed by atoms with Gasteiger partial charge < -0.3 is 8.39 Å². The van der Waals surface area contributed by atoms with Crippen molar-refractivity contribution >= 4 is 8.67 Å². The van der Waals surface area contributed by atoms with Gasteiger partial charge in [-0.2, -0.15) is 0 Å². The van der Waals surface area contributed by atoms with Gasteiger partial charge in [0.2, 0.25) is 0 Å². The molecule has 0 spiro atoms. The van der Waals surface area contributed by atoms with Crippen LogP contribution in [0.3, 0.4) is 0 Å². The van der Waals surface area contributed by atoms with Gasteiger partial charge in [0.25, 0.3) is 0 Å². The van der Waals surface area contributed by atoms with E-state index in [0.29, 0.717) is 0 Å². The highest BCUT2D eigenvalue weighted by atomic mass is 31.1. The summed E-state index contributed by atoms with van der Waals surface area (Å²) in [5, 5.41) is 0. The van der Waals surface area contributed by atoms with Gasteiger partial charge in [0, 0.05) is 0 Å². The Kier molecular flexibility index (Phi) is 7.49. The van der Waals surface area contributed by atoms with Crippen molar-refractivity contribution in [2.75, 3.05) is 0 Å². The molecule has 0 amide bonds. The van der Waals surface area contributed by atoms with Gasteiger partial charge in [-0.1, -0.05) is 24.3 Å². The molecule has 0 radical (unpaired) electrons. The summed E-state index contributed by atoms with van der Waals surface area (Å²) < 4.78 is 9.51. The highest BCUT2D eigenvalue weighted by Gasteiger charge is 1.84. The highest BCUT2D eigenvalue weighted by Crippen LogP contribution is 2.04. The predicted octanol–water partition coefficient (Wildman–Crippen LogP) is 4.70. The quantitative estimate of drug-likeness (QED) is 0.638. The number of allylic oxidation sites excluding steroid dienone is 4. The van der Waals surface area contributed by atoms with E-state index in [-0.39, 0.29) is 8.67 Å². The van der Waals surface area contributed by atoms with Crippen molar-refractivity contribution in [1.82, 2.24) is 0 Å². The maximum atomic E-state index is 4.76. The average molecular weight is 224 g/mol. The molecular weight excluding hydrogens is 207 g/mol. The smallest absolute Gasteiger partial charge is 0.200 e. The highest BCUT2D eigenvalue weighted by molar-refractivity contribution is 7.15. The van der Waals surface area contributed by atoms with E-state index in [1.165, 1.54) is 25.7 Å². The second-order valence-electron chi connectivity index (χ2n) is 3.12. The summed E-state index contributed by atoms with van der Waals surface area (Å²) in [5.41, 5.74) is 0. The van der Waals surface area contributed by atoms with Crippen LogP contribution in [0.2, 0.25) is 0 Å². The van der Waals surface area contributed by atoms with E-state index in [9.17, 15) is 0 Å². The third kappa shape index (κ3) is 7.90. The van der Waals surface area contributed by atoms with E-state index in [0.717, 1.165) is 0 Å². The zero-order valence-corrected chi connectivity index (χ0v) is 9.76. The lowest BCUT2D eigenvalue weighted by Gasteiger charge is -1.94. The Morgan fingerprint density at radius 2 is 1.33 bits per heavy atom. The number of hydrogen-bond acceptors (Lipinski definition) is 2. The third-order valence-electron chi connectivity index (χ3n) is 1.88. The second kappa shape index (κ2) is 9.42. The molecule has 0 unspecified atom stereocenters. The monoisotopic (exact) mass is 224 g/mol. The summed E-state index contributed by atoms with van der Waals surface area (Å²) in [6, 6.07) is 3.56. The largest absolute Gasteiger partial charge is 0.430 e. The zero-order valence-electron chi connectivity index (χ0n) is 8.76. The molecule has 1 aromatic heterocycles. The molecule has 2 nitrogen and oxygen atoms in total. The molecule has 0 aromatic carbocycles. The van der Waals surface area contributed by atoms with Crippen LogP contribution in [0, 0.1) is 0 Å². The molecule has 1 aromatic rings. The molecule has 1 aliphatic carbocycles. The molecule has 2 rings (SSSR count). The molecule has 0 aliphatic heterocycles. The molecular formula is C12H17O2P. The van der Waals surface area contributed by atoms with Crippen LogP contribution in [-0.4, -0.2) is 0 Å². The van der Waals surface area contributed by atoms with Gasteiger partial charge in [0.1, 0.15) is 0 Å². The first-order valence-electron chi connectivity index (χ1n) is 5.20. The van der Waals surface area contributed by atoms with Crippen molar-refractivity contribution in [2.45, 2.75) is 25.7 Å². The molecule has 3 heteroatoms. The van der Waals surface area contributed by atoms with Crippen molar-refractivity contribution in [3.63, 3.8) is 0 Å². The van der Waals surface area contributed by atoms with Crippen LogP contribution in [0.15, 0.2) is 57.4 Å². The Morgan fingerprint density at radius 1 is 0.800 bits per heavy atom. The normalized spacial score (nSPS) is 14.4. The van der Waals surface area contributed by atoms with Gasteiger partial charge in [0.15, 0.2) is 8.67 Å². The minimum Gasteiger partial charge on any atom is -0.430 e. The first-order chi connectivity index (χ1) is 7.50. The summed E-state index contributed by atoms with van der Waals surface area (Å²) in [7, 11) is 0.121. The zero-order chi connectivity index (χ0) is 10.6. The maximum absolute atomic E-state index is 4.76. The lowest BCUT2D eigenvalue weighted by Crippen LogP contribution is -1.74. The Balaban J connectivity index is 0.000000151. The van der Waals surface area contributed by atoms with Crippen LogP contribution < -0.4 is 0 Å². The van der Waals surface area contributed by atoms with Crippen LogP contribution in [0.5, 0.6) is 0 Å². The van der Waals surface area contributed by atoms with Crippen molar-refractivity contribution in [3.05, 3.63) is 49.0 Å². The topological polar surface area (TPSA) is 26.3 Å². The summed E-state index contributed by atoms with van der Waals surface area (Å²) >= 11 is 0. The van der Waals surface area contributed by atoms with E-state index >= 15 is 0 Å². The van der Waals surface area contributed by atoms with E-state index in [1.54, 1.807) is 24.7 Å². The molecule has 0 saturated heterocycles. The molecule has 0 saturated carbocycles. The summed E-state index contributed by atoms with van der Waals surface area (Å²) in [6.07, 6.45) is 17.2. The van der Waals surface area contributed by atoms with Crippen LogP contribution in [0.4, 0.5) is 0 Å². The maximum Gasteiger partial charge on any atom is 0.200 e. The molecule has 0 atom stereocenters. The van der Waals surface area contributed by atoms with Crippen LogP contribution in [0.25, 0.3) is 0 Å². The predicted molar refractivity (Wildman–Crippen MR) is 64.9 cm³/mol. The minimum absolute atomic E-state index is 0.121. The third-order valence-corrected chi connectivity index (χ3v) is 2.34. The molecule has 0 fully saturated rings. The first-order valence-corrected chi connectivity index (χ1v) is 6.01. The SMILES string of the molecule is C1=CCCCCC=C1.c1cco[pH]oc1. The molecule has 0 N–H and O–H groups in total. The van der Waals surface area contributed by atoms with Gasteiger partial charge in [-0.25, -0.2) is 0 Å². The summed E-state index contributed by atoms with van der Waals surface area (Å²) in [5.74, 6) is 0. The molecule has 0 bridgehead atoms. The Morgan fingerprint density at radius 3 is 1.87 bits per heavy atom. The van der Waals surface area contributed by atoms with E-state index in [1.807, 2.05) is 0 Å². The molecule has 15 heavy (non-hydrogen) atoms. The number of hydrogen-bond donors (Lipinski definition) is 0. The molecule has 1 heterocycles. The average Bonchev–Trinajstić information content (AvgIpc) is 2.48. The van der Waals surface area contributed by atoms with Crippen molar-refractivity contribution in [1.29, 1.82) is 0 Å².